The lowest BCUT2D eigenvalue weighted by Crippen LogP contribution is -2.54. The number of likely N-dealkylation sites (tertiary alicyclic amines) is 1. The van der Waals surface area contributed by atoms with Crippen LogP contribution < -0.4 is 10.1 Å². The van der Waals surface area contributed by atoms with Crippen LogP contribution in [0.25, 0.3) is 0 Å². The highest BCUT2D eigenvalue weighted by Crippen LogP contribution is 2.31. The molecule has 3 saturated heterocycles. The minimum atomic E-state index is -0.825. The van der Waals surface area contributed by atoms with Gasteiger partial charge in [0.1, 0.15) is 11.6 Å². The number of pyridine rings is 1. The van der Waals surface area contributed by atoms with Crippen LogP contribution in [-0.2, 0) is 27.3 Å². The molecule has 0 unspecified atom stereocenters. The van der Waals surface area contributed by atoms with E-state index in [4.69, 9.17) is 9.47 Å². The molecule has 1 N–H and O–H groups in total. The van der Waals surface area contributed by atoms with E-state index in [0.29, 0.717) is 71.0 Å². The van der Waals surface area contributed by atoms with Gasteiger partial charge in [-0.15, -0.1) is 5.10 Å². The molecule has 238 valence electrons. The molecular weight excluding hydrogens is 564 g/mol. The number of nitrogens with one attached hydrogen (secondary N) is 1. The van der Waals surface area contributed by atoms with Gasteiger partial charge in [0, 0.05) is 58.0 Å². The van der Waals surface area contributed by atoms with Gasteiger partial charge in [-0.3, -0.25) is 19.1 Å². The van der Waals surface area contributed by atoms with Crippen molar-refractivity contribution in [2.75, 3.05) is 65.6 Å². The summed E-state index contributed by atoms with van der Waals surface area (Å²) < 4.78 is 13.3. The number of hydrogen-bond acceptors (Lipinski definition) is 9. The first-order valence-electron chi connectivity index (χ1n) is 16.2. The molecule has 0 spiro atoms. The maximum Gasteiger partial charge on any atom is 0.257 e. The number of nitrogens with zero attached hydrogens (tertiary/aromatic N) is 7. The van der Waals surface area contributed by atoms with Crippen molar-refractivity contribution in [3.8, 4) is 5.88 Å². The van der Waals surface area contributed by atoms with Gasteiger partial charge in [0.25, 0.3) is 5.91 Å². The summed E-state index contributed by atoms with van der Waals surface area (Å²) >= 11 is 0. The molecule has 0 saturated carbocycles. The number of carbonyl (C=O) groups is 3. The van der Waals surface area contributed by atoms with E-state index >= 15 is 0 Å². The number of rotatable bonds is 7. The maximum atomic E-state index is 14.1. The Kier molecular flexibility index (Phi) is 10.0. The second kappa shape index (κ2) is 14.5. The number of carbonyl (C=O) groups excluding carboxylic acids is 3. The van der Waals surface area contributed by atoms with E-state index < -0.39 is 11.9 Å². The summed E-state index contributed by atoms with van der Waals surface area (Å²) in [5, 5.41) is 11.6. The molecule has 0 radical (unpaired) electrons. The zero-order valence-corrected chi connectivity index (χ0v) is 25.4. The minimum Gasteiger partial charge on any atom is -0.477 e. The van der Waals surface area contributed by atoms with Crippen molar-refractivity contribution in [2.45, 2.75) is 57.5 Å². The number of amides is 3. The fourth-order valence-electron chi connectivity index (χ4n) is 6.86. The van der Waals surface area contributed by atoms with Gasteiger partial charge in [-0.05, 0) is 62.7 Å². The predicted octanol–water partition coefficient (Wildman–Crippen LogP) is 0.996. The molecule has 13 heteroatoms. The second-order valence-electron chi connectivity index (χ2n) is 12.4. The molecular formula is C31H44N8O5. The number of hydrogen-bond donors (Lipinski definition) is 1. The second-order valence-corrected chi connectivity index (χ2v) is 12.4. The number of piperidine rings is 2. The standard InChI is InChI=1S/C31H44N8O5/c40-28(37-14-17-43-18-15-37)19-23-6-11-38-21-24(23)7-16-44-30-26(5-4-8-32-30)29(41)33-27(31(38)42)20-25-22-39(35-34-25)13-12-36-9-2-1-3-10-36/h4-5,8,22-24,27H,1-3,6-7,9-21H2,(H,33,41)/t23-,24-,27+/m0/s1. The average Bonchev–Trinajstić information content (AvgIpc) is 3.51. The zero-order chi connectivity index (χ0) is 30.3. The summed E-state index contributed by atoms with van der Waals surface area (Å²) in [6, 6.07) is 2.52. The van der Waals surface area contributed by atoms with Crippen molar-refractivity contribution < 1.29 is 23.9 Å². The molecule has 2 aromatic heterocycles. The van der Waals surface area contributed by atoms with Crippen molar-refractivity contribution in [2.24, 2.45) is 11.8 Å². The number of ether oxygens (including phenoxy) is 2. The van der Waals surface area contributed by atoms with Crippen molar-refractivity contribution >= 4 is 17.7 Å². The highest BCUT2D eigenvalue weighted by Gasteiger charge is 2.37. The van der Waals surface area contributed by atoms with Gasteiger partial charge in [0.2, 0.25) is 17.7 Å². The van der Waals surface area contributed by atoms with Crippen LogP contribution in [0.3, 0.4) is 0 Å². The van der Waals surface area contributed by atoms with Crippen molar-refractivity contribution in [3.05, 3.63) is 35.8 Å². The summed E-state index contributed by atoms with van der Waals surface area (Å²) in [7, 11) is 0. The van der Waals surface area contributed by atoms with E-state index in [-0.39, 0.29) is 41.5 Å². The molecule has 4 aliphatic heterocycles. The van der Waals surface area contributed by atoms with Crippen LogP contribution in [0.4, 0.5) is 0 Å². The lowest BCUT2D eigenvalue weighted by molar-refractivity contribution is -0.139. The van der Waals surface area contributed by atoms with Gasteiger partial charge < -0.3 is 29.5 Å². The molecule has 3 fully saturated rings. The molecule has 44 heavy (non-hydrogen) atoms. The number of morpholine rings is 1. The highest BCUT2D eigenvalue weighted by molar-refractivity contribution is 5.99. The van der Waals surface area contributed by atoms with E-state index in [2.05, 4.69) is 25.5 Å². The summed E-state index contributed by atoms with van der Waals surface area (Å²) in [4.78, 5) is 51.2. The Morgan fingerprint density at radius 2 is 1.84 bits per heavy atom. The smallest absolute Gasteiger partial charge is 0.257 e. The van der Waals surface area contributed by atoms with Crippen LogP contribution in [0, 0.1) is 11.8 Å². The predicted molar refractivity (Wildman–Crippen MR) is 160 cm³/mol. The largest absolute Gasteiger partial charge is 0.477 e. The van der Waals surface area contributed by atoms with E-state index in [0.717, 1.165) is 26.2 Å². The third kappa shape index (κ3) is 7.55. The SMILES string of the molecule is O=C1N[C@H](Cc2cn(CCN3CCCCC3)nn2)C(=O)N2CC[C@@H](CC(=O)N3CCOCC3)[C@@H](CCOc3ncccc31)C2. The highest BCUT2D eigenvalue weighted by atomic mass is 16.5. The zero-order valence-electron chi connectivity index (χ0n) is 25.4. The van der Waals surface area contributed by atoms with E-state index in [9.17, 15) is 14.4 Å². The Balaban J connectivity index is 1.17. The monoisotopic (exact) mass is 608 g/mol. The van der Waals surface area contributed by atoms with Crippen LogP contribution in [0.15, 0.2) is 24.5 Å². The average molecular weight is 609 g/mol. The van der Waals surface area contributed by atoms with Gasteiger partial charge in [-0.2, -0.15) is 0 Å². The molecule has 2 aromatic rings. The van der Waals surface area contributed by atoms with Crippen LogP contribution in [0.1, 0.15) is 54.6 Å². The molecule has 13 nitrogen and oxygen atoms in total. The number of aromatic nitrogens is 4. The molecule has 6 heterocycles. The molecule has 2 bridgehead atoms. The summed E-state index contributed by atoms with van der Waals surface area (Å²) in [5.74, 6) is 0.0520. The normalized spacial score (nSPS) is 25.3. The third-order valence-corrected chi connectivity index (χ3v) is 9.44. The van der Waals surface area contributed by atoms with Gasteiger partial charge in [-0.1, -0.05) is 11.6 Å². The molecule has 0 aliphatic carbocycles. The van der Waals surface area contributed by atoms with Gasteiger partial charge in [-0.25, -0.2) is 4.98 Å². The van der Waals surface area contributed by atoms with Crippen LogP contribution in [0.5, 0.6) is 5.88 Å². The van der Waals surface area contributed by atoms with Crippen LogP contribution in [-0.4, -0.2) is 124 Å². The quantitative estimate of drug-likeness (QED) is 0.488. The van der Waals surface area contributed by atoms with E-state index in [1.807, 2.05) is 20.7 Å². The summed E-state index contributed by atoms with van der Waals surface area (Å²) in [6.45, 7) is 7.64. The van der Waals surface area contributed by atoms with Crippen molar-refractivity contribution in [1.29, 1.82) is 0 Å². The van der Waals surface area contributed by atoms with Gasteiger partial charge >= 0.3 is 0 Å². The first-order valence-corrected chi connectivity index (χ1v) is 16.2. The summed E-state index contributed by atoms with van der Waals surface area (Å²) in [6.07, 6.45) is 9.28. The first-order chi connectivity index (χ1) is 21.5. The van der Waals surface area contributed by atoms with Gasteiger partial charge in [0.05, 0.1) is 32.1 Å². The van der Waals surface area contributed by atoms with E-state index in [1.54, 1.807) is 18.3 Å². The Bertz CT molecular complexity index is 1290. The van der Waals surface area contributed by atoms with E-state index in [1.165, 1.54) is 19.3 Å². The minimum absolute atomic E-state index is 0.0799. The van der Waals surface area contributed by atoms with Crippen molar-refractivity contribution in [1.82, 2.24) is 40.0 Å². The number of fused-ring (bicyclic) bond motifs is 3. The fraction of sp³-hybridized carbons (Fsp3) is 0.677. The Labute approximate surface area is 258 Å². The molecule has 0 aromatic carbocycles. The fourth-order valence-corrected chi connectivity index (χ4v) is 6.86. The first kappa shape index (κ1) is 30.4. The maximum absolute atomic E-state index is 14.1. The Morgan fingerprint density at radius 1 is 1.00 bits per heavy atom. The molecule has 3 amide bonds. The molecule has 6 rings (SSSR count). The Morgan fingerprint density at radius 3 is 2.68 bits per heavy atom. The van der Waals surface area contributed by atoms with Crippen molar-refractivity contribution in [3.63, 3.8) is 0 Å². The third-order valence-electron chi connectivity index (χ3n) is 9.44. The van der Waals surface area contributed by atoms with Gasteiger partial charge in [0.15, 0.2) is 0 Å². The molecule has 4 aliphatic rings. The lowest BCUT2D eigenvalue weighted by Gasteiger charge is -2.41. The summed E-state index contributed by atoms with van der Waals surface area (Å²) in [5.41, 5.74) is 0.940. The lowest BCUT2D eigenvalue weighted by atomic mass is 9.80. The molecule has 3 atom stereocenters. The topological polar surface area (TPSA) is 135 Å². The van der Waals surface area contributed by atoms with Crippen LogP contribution >= 0.6 is 0 Å². The Hall–Kier alpha value is -3.58. The van der Waals surface area contributed by atoms with Crippen LogP contribution in [0.2, 0.25) is 0 Å².